The van der Waals surface area contributed by atoms with E-state index in [1.807, 2.05) is 49.9 Å². The van der Waals surface area contributed by atoms with Gasteiger partial charge in [0.2, 0.25) is 0 Å². The molecule has 1 fully saturated rings. The van der Waals surface area contributed by atoms with Crippen LogP contribution >= 0.6 is 0 Å². The van der Waals surface area contributed by atoms with Crippen LogP contribution in [0.2, 0.25) is 0 Å². The molecule has 0 aliphatic carbocycles. The number of amides is 1. The van der Waals surface area contributed by atoms with Crippen molar-refractivity contribution < 1.29 is 9.53 Å². The van der Waals surface area contributed by atoms with Gasteiger partial charge in [-0.1, -0.05) is 24.6 Å². The summed E-state index contributed by atoms with van der Waals surface area (Å²) in [5.41, 5.74) is 0.353. The van der Waals surface area contributed by atoms with Crippen LogP contribution in [0.5, 0.6) is 5.75 Å². The summed E-state index contributed by atoms with van der Waals surface area (Å²) >= 11 is 0. The molecule has 122 valence electrons. The molecule has 2 rings (SSSR count). The molecule has 1 aromatic rings. The average molecular weight is 304 g/mol. The summed E-state index contributed by atoms with van der Waals surface area (Å²) in [5.74, 6) is 0.817. The van der Waals surface area contributed by atoms with E-state index in [4.69, 9.17) is 4.74 Å². The maximum absolute atomic E-state index is 12.7. The molecule has 1 saturated heterocycles. The molecule has 1 aromatic carbocycles. The number of carbonyl (C=O) groups excluding carboxylic acids is 1. The van der Waals surface area contributed by atoms with Crippen molar-refractivity contribution >= 4 is 5.91 Å². The highest BCUT2D eigenvalue weighted by atomic mass is 16.5. The second-order valence-corrected chi connectivity index (χ2v) is 6.56. The van der Waals surface area contributed by atoms with Crippen molar-refractivity contribution in [3.8, 4) is 5.75 Å². The summed E-state index contributed by atoms with van der Waals surface area (Å²) in [6, 6.07) is 7.84. The highest BCUT2D eigenvalue weighted by Crippen LogP contribution is 2.21. The minimum atomic E-state index is -0.831. The van der Waals surface area contributed by atoms with Gasteiger partial charge < -0.3 is 9.64 Å². The van der Waals surface area contributed by atoms with Crippen LogP contribution in [0.1, 0.15) is 32.8 Å². The molecule has 22 heavy (non-hydrogen) atoms. The fraction of sp³-hybridized carbons (Fsp3) is 0.611. The lowest BCUT2D eigenvalue weighted by atomic mass is 10.1. The zero-order chi connectivity index (χ0) is 16.2. The normalized spacial score (nSPS) is 16.6. The Hall–Kier alpha value is -1.55. The predicted octanol–water partition coefficient (Wildman–Crippen LogP) is 2.71. The number of nitrogens with zero attached hydrogens (tertiary/aromatic N) is 2. The lowest BCUT2D eigenvalue weighted by Crippen LogP contribution is -2.55. The highest BCUT2D eigenvalue weighted by Gasteiger charge is 2.35. The molecule has 1 amide bonds. The molecule has 0 N–H and O–H groups in total. The molecule has 0 atom stereocenters. The summed E-state index contributed by atoms with van der Waals surface area (Å²) in [5, 5.41) is 0. The quantitative estimate of drug-likeness (QED) is 0.838. The van der Waals surface area contributed by atoms with E-state index in [0.717, 1.165) is 44.9 Å². The van der Waals surface area contributed by atoms with Crippen LogP contribution < -0.4 is 4.74 Å². The lowest BCUT2D eigenvalue weighted by Gasteiger charge is -2.38. The number of rotatable bonds is 5. The molecule has 0 bridgehead atoms. The summed E-state index contributed by atoms with van der Waals surface area (Å²) in [7, 11) is 0. The van der Waals surface area contributed by atoms with Crippen LogP contribution in [0.15, 0.2) is 24.3 Å². The Bertz CT molecular complexity index is 488. The Morgan fingerprint density at radius 1 is 1.14 bits per heavy atom. The maximum Gasteiger partial charge on any atom is 0.266 e. The zero-order valence-corrected chi connectivity index (χ0v) is 14.3. The molecule has 0 saturated carbocycles. The third kappa shape index (κ3) is 4.23. The molecular formula is C18H28N2O2. The average Bonchev–Trinajstić information content (AvgIpc) is 2.50. The van der Waals surface area contributed by atoms with Crippen LogP contribution in [0, 0.1) is 6.92 Å². The summed E-state index contributed by atoms with van der Waals surface area (Å²) < 4.78 is 5.94. The number of aryl methyl sites for hydroxylation is 1. The minimum Gasteiger partial charge on any atom is -0.478 e. The summed E-state index contributed by atoms with van der Waals surface area (Å²) in [4.78, 5) is 17.1. The van der Waals surface area contributed by atoms with E-state index in [1.54, 1.807) is 0 Å². The van der Waals surface area contributed by atoms with Gasteiger partial charge in [-0.05, 0) is 45.9 Å². The summed E-state index contributed by atoms with van der Waals surface area (Å²) in [6.45, 7) is 12.6. The second-order valence-electron chi connectivity index (χ2n) is 6.56. The molecule has 1 heterocycles. The topological polar surface area (TPSA) is 32.8 Å². The second kappa shape index (κ2) is 7.14. The predicted molar refractivity (Wildman–Crippen MR) is 89.2 cm³/mol. The fourth-order valence-electron chi connectivity index (χ4n) is 2.82. The maximum atomic E-state index is 12.7. The molecule has 1 aliphatic heterocycles. The number of carbonyl (C=O) groups is 1. The molecule has 0 spiro atoms. The van der Waals surface area contributed by atoms with Crippen molar-refractivity contribution in [3.63, 3.8) is 0 Å². The van der Waals surface area contributed by atoms with E-state index in [9.17, 15) is 4.79 Å². The first kappa shape index (κ1) is 16.8. The first-order valence-corrected chi connectivity index (χ1v) is 8.20. The summed E-state index contributed by atoms with van der Waals surface area (Å²) in [6.07, 6.45) is 1.16. The SMILES string of the molecule is CCCN1CCN(C(=O)C(C)(C)Oc2ccc(C)cc2)CC1. The van der Waals surface area contributed by atoms with Crippen molar-refractivity contribution in [2.45, 2.75) is 39.7 Å². The van der Waals surface area contributed by atoms with Gasteiger partial charge in [-0.25, -0.2) is 0 Å². The third-order valence-corrected chi connectivity index (χ3v) is 4.11. The Morgan fingerprint density at radius 3 is 2.27 bits per heavy atom. The van der Waals surface area contributed by atoms with Gasteiger partial charge in [0.25, 0.3) is 5.91 Å². The van der Waals surface area contributed by atoms with Gasteiger partial charge in [0.15, 0.2) is 5.60 Å². The fourth-order valence-corrected chi connectivity index (χ4v) is 2.82. The van der Waals surface area contributed by atoms with E-state index in [-0.39, 0.29) is 5.91 Å². The molecule has 4 nitrogen and oxygen atoms in total. The number of piperazine rings is 1. The van der Waals surface area contributed by atoms with Gasteiger partial charge in [0.05, 0.1) is 0 Å². The molecule has 0 unspecified atom stereocenters. The number of hydrogen-bond acceptors (Lipinski definition) is 3. The van der Waals surface area contributed by atoms with Crippen LogP contribution in [0.25, 0.3) is 0 Å². The highest BCUT2D eigenvalue weighted by molar-refractivity contribution is 5.85. The van der Waals surface area contributed by atoms with Gasteiger partial charge in [0, 0.05) is 26.2 Å². The monoisotopic (exact) mass is 304 g/mol. The molecule has 0 radical (unpaired) electrons. The van der Waals surface area contributed by atoms with E-state index in [0.29, 0.717) is 0 Å². The Labute approximate surface area is 134 Å². The van der Waals surface area contributed by atoms with E-state index in [2.05, 4.69) is 11.8 Å². The molecule has 0 aromatic heterocycles. The smallest absolute Gasteiger partial charge is 0.266 e. The van der Waals surface area contributed by atoms with E-state index >= 15 is 0 Å². The Kier molecular flexibility index (Phi) is 5.46. The first-order chi connectivity index (χ1) is 10.4. The number of hydrogen-bond donors (Lipinski definition) is 0. The Morgan fingerprint density at radius 2 is 1.73 bits per heavy atom. The molecular weight excluding hydrogens is 276 g/mol. The molecule has 4 heteroatoms. The standard InChI is InChI=1S/C18H28N2O2/c1-5-10-19-11-13-20(14-12-19)17(21)18(3,4)22-16-8-6-15(2)7-9-16/h6-9H,5,10-14H2,1-4H3. The zero-order valence-electron chi connectivity index (χ0n) is 14.3. The van der Waals surface area contributed by atoms with E-state index < -0.39 is 5.60 Å². The Balaban J connectivity index is 1.94. The van der Waals surface area contributed by atoms with Crippen molar-refractivity contribution in [2.24, 2.45) is 0 Å². The number of benzene rings is 1. The first-order valence-electron chi connectivity index (χ1n) is 8.20. The van der Waals surface area contributed by atoms with Gasteiger partial charge in [-0.15, -0.1) is 0 Å². The van der Waals surface area contributed by atoms with Gasteiger partial charge in [-0.3, -0.25) is 9.69 Å². The van der Waals surface area contributed by atoms with E-state index in [1.165, 1.54) is 5.56 Å². The van der Waals surface area contributed by atoms with Gasteiger partial charge in [0.1, 0.15) is 5.75 Å². The minimum absolute atomic E-state index is 0.0734. The van der Waals surface area contributed by atoms with Crippen LogP contribution in [-0.4, -0.2) is 54.0 Å². The van der Waals surface area contributed by atoms with Crippen molar-refractivity contribution in [2.75, 3.05) is 32.7 Å². The third-order valence-electron chi connectivity index (χ3n) is 4.11. The van der Waals surface area contributed by atoms with Crippen molar-refractivity contribution in [3.05, 3.63) is 29.8 Å². The lowest BCUT2D eigenvalue weighted by molar-refractivity contribution is -0.147. The van der Waals surface area contributed by atoms with Gasteiger partial charge in [-0.2, -0.15) is 0 Å². The van der Waals surface area contributed by atoms with Crippen LogP contribution in [0.3, 0.4) is 0 Å². The molecule has 1 aliphatic rings. The largest absolute Gasteiger partial charge is 0.478 e. The number of ether oxygens (including phenoxy) is 1. The van der Waals surface area contributed by atoms with Crippen LogP contribution in [0.4, 0.5) is 0 Å². The van der Waals surface area contributed by atoms with Crippen LogP contribution in [-0.2, 0) is 4.79 Å². The van der Waals surface area contributed by atoms with Crippen molar-refractivity contribution in [1.29, 1.82) is 0 Å². The van der Waals surface area contributed by atoms with Gasteiger partial charge >= 0.3 is 0 Å². The van der Waals surface area contributed by atoms with Crippen molar-refractivity contribution in [1.82, 2.24) is 9.80 Å².